The number of hydrogen-bond donors (Lipinski definition) is 1. The summed E-state index contributed by atoms with van der Waals surface area (Å²) in [6.07, 6.45) is 1.14. The Kier molecular flexibility index (Phi) is 6.25. The fourth-order valence-corrected chi connectivity index (χ4v) is 3.98. The number of carbonyl (C=O) groups is 1. The molecule has 4 nitrogen and oxygen atoms in total. The Morgan fingerprint density at radius 2 is 2.00 bits per heavy atom. The fourth-order valence-electron chi connectivity index (χ4n) is 3.09. The molecule has 7 heteroatoms. The van der Waals surface area contributed by atoms with Crippen LogP contribution in [0.1, 0.15) is 26.8 Å². The zero-order chi connectivity index (χ0) is 12.7. The van der Waals surface area contributed by atoms with Gasteiger partial charge in [-0.1, -0.05) is 0 Å². The molecule has 2 fully saturated rings. The van der Waals surface area contributed by atoms with Crippen LogP contribution >= 0.6 is 36.2 Å². The summed E-state index contributed by atoms with van der Waals surface area (Å²) in [5.41, 5.74) is 0.883. The minimum Gasteiger partial charge on any atom is -0.338 e. The van der Waals surface area contributed by atoms with Gasteiger partial charge in [0.2, 0.25) is 0 Å². The molecule has 2 atom stereocenters. The fraction of sp³-hybridized carbons (Fsp3) is 0.692. The van der Waals surface area contributed by atoms with Crippen LogP contribution < -0.4 is 5.32 Å². The van der Waals surface area contributed by atoms with E-state index in [9.17, 15) is 4.79 Å². The number of rotatable bonds is 1. The maximum atomic E-state index is 12.5. The van der Waals surface area contributed by atoms with E-state index in [2.05, 4.69) is 10.3 Å². The first-order valence-corrected chi connectivity index (χ1v) is 7.41. The molecule has 0 saturated carbocycles. The highest BCUT2D eigenvalue weighted by Crippen LogP contribution is 2.28. The summed E-state index contributed by atoms with van der Waals surface area (Å²) in [5.74, 6) is 1.61. The summed E-state index contributed by atoms with van der Waals surface area (Å²) < 4.78 is 0. The lowest BCUT2D eigenvalue weighted by Crippen LogP contribution is -2.43. The molecule has 1 aromatic rings. The Hall–Kier alpha value is -0.360. The molecular formula is C13H21Cl2N3OS. The van der Waals surface area contributed by atoms with E-state index in [-0.39, 0.29) is 30.7 Å². The third-order valence-electron chi connectivity index (χ3n) is 4.09. The molecule has 114 valence electrons. The van der Waals surface area contributed by atoms with Crippen molar-refractivity contribution in [3.63, 3.8) is 0 Å². The van der Waals surface area contributed by atoms with Crippen LogP contribution in [-0.4, -0.2) is 42.0 Å². The number of nitrogens with one attached hydrogen (secondary N) is 1. The first kappa shape index (κ1) is 17.7. The van der Waals surface area contributed by atoms with Gasteiger partial charge in [-0.15, -0.1) is 36.2 Å². The quantitative estimate of drug-likeness (QED) is 0.855. The number of aryl methyl sites for hydroxylation is 2. The molecule has 0 spiro atoms. The van der Waals surface area contributed by atoms with Crippen LogP contribution in [0.5, 0.6) is 0 Å². The van der Waals surface area contributed by atoms with Gasteiger partial charge in [0.15, 0.2) is 0 Å². The van der Waals surface area contributed by atoms with Gasteiger partial charge in [0.05, 0.1) is 10.7 Å². The topological polar surface area (TPSA) is 45.2 Å². The van der Waals surface area contributed by atoms with E-state index in [1.165, 1.54) is 11.3 Å². The molecule has 2 aliphatic rings. The third kappa shape index (κ3) is 3.27. The van der Waals surface area contributed by atoms with E-state index in [1.54, 1.807) is 0 Å². The normalized spacial score (nSPS) is 24.6. The number of carbonyl (C=O) groups excluding carboxylic acids is 1. The third-order valence-corrected chi connectivity index (χ3v) is 5.15. The number of likely N-dealkylation sites (tertiary alicyclic amines) is 1. The number of halogens is 2. The molecule has 2 saturated heterocycles. The smallest absolute Gasteiger partial charge is 0.265 e. The number of thiazole rings is 1. The van der Waals surface area contributed by atoms with Gasteiger partial charge in [0.1, 0.15) is 4.88 Å². The average Bonchev–Trinajstić information content (AvgIpc) is 2.93. The van der Waals surface area contributed by atoms with Crippen molar-refractivity contribution in [2.75, 3.05) is 26.2 Å². The van der Waals surface area contributed by atoms with Gasteiger partial charge in [0.25, 0.3) is 5.91 Å². The Labute approximate surface area is 136 Å². The highest BCUT2D eigenvalue weighted by molar-refractivity contribution is 7.13. The summed E-state index contributed by atoms with van der Waals surface area (Å²) in [5, 5.41) is 4.41. The second kappa shape index (κ2) is 7.07. The van der Waals surface area contributed by atoms with Gasteiger partial charge in [-0.3, -0.25) is 4.79 Å². The molecule has 1 N–H and O–H groups in total. The largest absolute Gasteiger partial charge is 0.338 e. The van der Waals surface area contributed by atoms with Crippen molar-refractivity contribution in [2.24, 2.45) is 11.8 Å². The SMILES string of the molecule is Cc1nc(C)c(C(=O)N2CCC3CNCC3C2)s1.Cl.Cl. The molecule has 2 aliphatic heterocycles. The van der Waals surface area contributed by atoms with Crippen molar-refractivity contribution in [1.82, 2.24) is 15.2 Å². The number of aromatic nitrogens is 1. The molecule has 3 rings (SSSR count). The number of fused-ring (bicyclic) bond motifs is 1. The van der Waals surface area contributed by atoms with Crippen LogP contribution in [-0.2, 0) is 0 Å². The number of hydrogen-bond acceptors (Lipinski definition) is 4. The van der Waals surface area contributed by atoms with Crippen LogP contribution in [0.4, 0.5) is 0 Å². The second-order valence-corrected chi connectivity index (χ2v) is 6.57. The van der Waals surface area contributed by atoms with Crippen LogP contribution in [0.25, 0.3) is 0 Å². The Morgan fingerprint density at radius 3 is 2.65 bits per heavy atom. The Bertz CT molecular complexity index is 480. The van der Waals surface area contributed by atoms with E-state index in [4.69, 9.17) is 0 Å². The van der Waals surface area contributed by atoms with Crippen LogP contribution in [0, 0.1) is 25.7 Å². The zero-order valence-electron chi connectivity index (χ0n) is 11.7. The Morgan fingerprint density at radius 1 is 1.30 bits per heavy atom. The van der Waals surface area contributed by atoms with Gasteiger partial charge >= 0.3 is 0 Å². The lowest BCUT2D eigenvalue weighted by Gasteiger charge is -2.34. The molecule has 1 aromatic heterocycles. The lowest BCUT2D eigenvalue weighted by molar-refractivity contribution is 0.0646. The molecule has 0 aliphatic carbocycles. The predicted molar refractivity (Wildman–Crippen MR) is 86.5 cm³/mol. The molecule has 3 heterocycles. The zero-order valence-corrected chi connectivity index (χ0v) is 14.2. The first-order chi connectivity index (χ1) is 8.65. The maximum Gasteiger partial charge on any atom is 0.265 e. The predicted octanol–water partition coefficient (Wildman–Crippen LogP) is 2.29. The van der Waals surface area contributed by atoms with E-state index in [1.807, 2.05) is 18.7 Å². The van der Waals surface area contributed by atoms with Gasteiger partial charge in [-0.25, -0.2) is 4.98 Å². The highest BCUT2D eigenvalue weighted by Gasteiger charge is 2.35. The van der Waals surface area contributed by atoms with Crippen LogP contribution in [0.3, 0.4) is 0 Å². The number of amides is 1. The molecule has 0 radical (unpaired) electrons. The summed E-state index contributed by atoms with van der Waals surface area (Å²) in [4.78, 5) is 19.7. The molecule has 1 amide bonds. The first-order valence-electron chi connectivity index (χ1n) is 6.59. The molecule has 0 aromatic carbocycles. The standard InChI is InChI=1S/C13H19N3OS.2ClH/c1-8-12(18-9(2)15-8)13(17)16-4-3-10-5-14-6-11(10)7-16;;/h10-11,14H,3-7H2,1-2H3;2*1H. The van der Waals surface area contributed by atoms with Crippen molar-refractivity contribution in [2.45, 2.75) is 20.3 Å². The number of nitrogens with zero attached hydrogens (tertiary/aromatic N) is 2. The lowest BCUT2D eigenvalue weighted by atomic mass is 9.88. The van der Waals surface area contributed by atoms with Gasteiger partial charge < -0.3 is 10.2 Å². The summed E-state index contributed by atoms with van der Waals surface area (Å²) in [7, 11) is 0. The Balaban J connectivity index is 0.000001000. The summed E-state index contributed by atoms with van der Waals surface area (Å²) in [6.45, 7) is 7.90. The van der Waals surface area contributed by atoms with Crippen molar-refractivity contribution in [3.05, 3.63) is 15.6 Å². The van der Waals surface area contributed by atoms with Gasteiger partial charge in [-0.2, -0.15) is 0 Å². The van der Waals surface area contributed by atoms with Gasteiger partial charge in [0, 0.05) is 13.1 Å². The molecular weight excluding hydrogens is 317 g/mol. The maximum absolute atomic E-state index is 12.5. The summed E-state index contributed by atoms with van der Waals surface area (Å²) in [6, 6.07) is 0. The van der Waals surface area contributed by atoms with Crippen molar-refractivity contribution >= 4 is 42.1 Å². The van der Waals surface area contributed by atoms with Crippen LogP contribution in [0.15, 0.2) is 0 Å². The average molecular weight is 338 g/mol. The van der Waals surface area contributed by atoms with Crippen LogP contribution in [0.2, 0.25) is 0 Å². The molecule has 20 heavy (non-hydrogen) atoms. The van der Waals surface area contributed by atoms with E-state index in [0.717, 1.165) is 54.1 Å². The monoisotopic (exact) mass is 337 g/mol. The van der Waals surface area contributed by atoms with Crippen molar-refractivity contribution in [3.8, 4) is 0 Å². The molecule has 0 bridgehead atoms. The van der Waals surface area contributed by atoms with Crippen molar-refractivity contribution in [1.29, 1.82) is 0 Å². The van der Waals surface area contributed by atoms with E-state index >= 15 is 0 Å². The van der Waals surface area contributed by atoms with Crippen molar-refractivity contribution < 1.29 is 4.79 Å². The number of piperidine rings is 1. The van der Waals surface area contributed by atoms with E-state index in [0.29, 0.717) is 5.92 Å². The highest BCUT2D eigenvalue weighted by atomic mass is 35.5. The summed E-state index contributed by atoms with van der Waals surface area (Å²) >= 11 is 1.52. The van der Waals surface area contributed by atoms with E-state index < -0.39 is 0 Å². The minimum absolute atomic E-state index is 0. The minimum atomic E-state index is 0. The molecule has 2 unspecified atom stereocenters. The second-order valence-electron chi connectivity index (χ2n) is 5.37. The van der Waals surface area contributed by atoms with Gasteiger partial charge in [-0.05, 0) is 45.2 Å².